The highest BCUT2D eigenvalue weighted by molar-refractivity contribution is 6.31. The smallest absolute Gasteiger partial charge is 0.257 e. The number of amides is 1. The topological polar surface area (TPSA) is 62.8 Å². The van der Waals surface area contributed by atoms with E-state index in [9.17, 15) is 9.18 Å². The Hall–Kier alpha value is -2.90. The van der Waals surface area contributed by atoms with Crippen molar-refractivity contribution in [3.05, 3.63) is 60.0 Å². The fourth-order valence-electron chi connectivity index (χ4n) is 4.16. The third kappa shape index (κ3) is 3.36. The van der Waals surface area contributed by atoms with Crippen LogP contribution in [0, 0.1) is 5.82 Å². The maximum atomic E-state index is 14.1. The summed E-state index contributed by atoms with van der Waals surface area (Å²) >= 11 is 0. The van der Waals surface area contributed by atoms with Crippen LogP contribution in [0.3, 0.4) is 0 Å². The molecule has 29 heavy (non-hydrogen) atoms. The summed E-state index contributed by atoms with van der Waals surface area (Å²) in [5, 5.41) is 5.79. The van der Waals surface area contributed by atoms with Crippen LogP contribution in [-0.2, 0) is 14.3 Å². The van der Waals surface area contributed by atoms with Crippen molar-refractivity contribution >= 4 is 28.5 Å². The van der Waals surface area contributed by atoms with Crippen LogP contribution in [0.4, 0.5) is 21.5 Å². The molecule has 5 rings (SSSR count). The van der Waals surface area contributed by atoms with Gasteiger partial charge in [0.25, 0.3) is 5.91 Å². The fourth-order valence-corrected chi connectivity index (χ4v) is 4.16. The molecule has 0 bridgehead atoms. The SMILES string of the molecule is O=C1Nc2cccc(F)c2/C1=C\Nc1ccc(N2CCC3(CC2)OCCO3)cc1. The van der Waals surface area contributed by atoms with Crippen molar-refractivity contribution in [3.8, 4) is 0 Å². The first-order valence-corrected chi connectivity index (χ1v) is 9.83. The van der Waals surface area contributed by atoms with Crippen molar-refractivity contribution in [1.82, 2.24) is 0 Å². The van der Waals surface area contributed by atoms with Crippen LogP contribution in [-0.4, -0.2) is 38.0 Å². The van der Waals surface area contributed by atoms with Gasteiger partial charge in [0.05, 0.1) is 24.5 Å². The number of fused-ring (bicyclic) bond motifs is 1. The van der Waals surface area contributed by atoms with Gasteiger partial charge in [-0.2, -0.15) is 0 Å². The van der Waals surface area contributed by atoms with Crippen LogP contribution < -0.4 is 15.5 Å². The third-order valence-electron chi connectivity index (χ3n) is 5.73. The molecule has 7 heteroatoms. The Morgan fingerprint density at radius 2 is 1.79 bits per heavy atom. The van der Waals surface area contributed by atoms with Gasteiger partial charge in [0.2, 0.25) is 0 Å². The lowest BCUT2D eigenvalue weighted by atomic mass is 10.0. The monoisotopic (exact) mass is 395 g/mol. The molecule has 2 N–H and O–H groups in total. The largest absolute Gasteiger partial charge is 0.371 e. The first kappa shape index (κ1) is 18.1. The van der Waals surface area contributed by atoms with Crippen molar-refractivity contribution in [2.75, 3.05) is 41.8 Å². The lowest BCUT2D eigenvalue weighted by molar-refractivity contribution is -0.169. The number of ether oxygens (including phenoxy) is 2. The molecule has 0 radical (unpaired) electrons. The van der Waals surface area contributed by atoms with Crippen LogP contribution in [0.15, 0.2) is 48.7 Å². The van der Waals surface area contributed by atoms with Crippen molar-refractivity contribution in [3.63, 3.8) is 0 Å². The van der Waals surface area contributed by atoms with E-state index in [1.165, 1.54) is 6.07 Å². The van der Waals surface area contributed by atoms with E-state index in [-0.39, 0.29) is 11.7 Å². The van der Waals surface area contributed by atoms with Crippen LogP contribution in [0.2, 0.25) is 0 Å². The molecule has 1 spiro atoms. The van der Waals surface area contributed by atoms with E-state index >= 15 is 0 Å². The molecule has 3 aliphatic rings. The first-order valence-electron chi connectivity index (χ1n) is 9.83. The predicted octanol–water partition coefficient (Wildman–Crippen LogP) is 3.57. The number of rotatable bonds is 3. The Morgan fingerprint density at radius 1 is 1.07 bits per heavy atom. The first-order chi connectivity index (χ1) is 14.1. The zero-order valence-electron chi connectivity index (χ0n) is 15.9. The fraction of sp³-hybridized carbons (Fsp3) is 0.318. The number of hydrogen-bond donors (Lipinski definition) is 2. The number of piperidine rings is 1. The predicted molar refractivity (Wildman–Crippen MR) is 109 cm³/mol. The van der Waals surface area contributed by atoms with Gasteiger partial charge in [-0.3, -0.25) is 4.79 Å². The zero-order valence-corrected chi connectivity index (χ0v) is 15.9. The van der Waals surface area contributed by atoms with Gasteiger partial charge in [-0.1, -0.05) is 6.07 Å². The molecule has 6 nitrogen and oxygen atoms in total. The summed E-state index contributed by atoms with van der Waals surface area (Å²) in [6.07, 6.45) is 3.27. The van der Waals surface area contributed by atoms with E-state index in [2.05, 4.69) is 15.5 Å². The Morgan fingerprint density at radius 3 is 2.52 bits per heavy atom. The van der Waals surface area contributed by atoms with E-state index in [1.807, 2.05) is 24.3 Å². The summed E-state index contributed by atoms with van der Waals surface area (Å²) < 4.78 is 25.7. The molecule has 2 aromatic rings. The lowest BCUT2D eigenvalue weighted by Crippen LogP contribution is -2.45. The van der Waals surface area contributed by atoms with Gasteiger partial charge in [0, 0.05) is 49.1 Å². The molecule has 2 fully saturated rings. The van der Waals surface area contributed by atoms with Gasteiger partial charge in [0.1, 0.15) is 5.82 Å². The number of nitrogens with one attached hydrogen (secondary N) is 2. The minimum atomic E-state index is -0.415. The third-order valence-corrected chi connectivity index (χ3v) is 5.73. The molecular formula is C22H22FN3O3. The zero-order chi connectivity index (χ0) is 19.8. The summed E-state index contributed by atoms with van der Waals surface area (Å²) in [7, 11) is 0. The van der Waals surface area contributed by atoms with E-state index < -0.39 is 5.82 Å². The number of halogens is 1. The number of nitrogens with zero attached hydrogens (tertiary/aromatic N) is 1. The number of hydrogen-bond acceptors (Lipinski definition) is 5. The highest BCUT2D eigenvalue weighted by atomic mass is 19.1. The van der Waals surface area contributed by atoms with Crippen molar-refractivity contribution in [2.45, 2.75) is 18.6 Å². The standard InChI is InChI=1S/C22H22FN3O3/c23-18-2-1-3-19-20(18)17(21(27)25-19)14-24-15-4-6-16(7-5-15)26-10-8-22(9-11-26)28-12-13-29-22/h1-7,14,24H,8-13H2,(H,25,27)/b17-14+. The van der Waals surface area contributed by atoms with Crippen LogP contribution in [0.1, 0.15) is 18.4 Å². The molecule has 2 aromatic carbocycles. The molecule has 150 valence electrons. The average Bonchev–Trinajstić information content (AvgIpc) is 3.32. The molecule has 0 saturated carbocycles. The van der Waals surface area contributed by atoms with Gasteiger partial charge < -0.3 is 25.0 Å². The van der Waals surface area contributed by atoms with E-state index in [0.717, 1.165) is 37.3 Å². The quantitative estimate of drug-likeness (QED) is 0.778. The van der Waals surface area contributed by atoms with E-state index in [0.29, 0.717) is 30.0 Å². The summed E-state index contributed by atoms with van der Waals surface area (Å²) in [6.45, 7) is 3.13. The van der Waals surface area contributed by atoms with Crippen molar-refractivity contribution in [1.29, 1.82) is 0 Å². The summed E-state index contributed by atoms with van der Waals surface area (Å²) in [5.41, 5.74) is 3.05. The minimum absolute atomic E-state index is 0.292. The van der Waals surface area contributed by atoms with E-state index in [1.54, 1.807) is 18.3 Å². The van der Waals surface area contributed by atoms with E-state index in [4.69, 9.17) is 9.47 Å². The average molecular weight is 395 g/mol. The van der Waals surface area contributed by atoms with Crippen LogP contribution in [0.25, 0.3) is 5.57 Å². The van der Waals surface area contributed by atoms with Gasteiger partial charge in [-0.15, -0.1) is 0 Å². The van der Waals surface area contributed by atoms with Gasteiger partial charge in [0.15, 0.2) is 5.79 Å². The molecule has 0 unspecified atom stereocenters. The van der Waals surface area contributed by atoms with Crippen LogP contribution in [0.5, 0.6) is 0 Å². The highest BCUT2D eigenvalue weighted by Crippen LogP contribution is 2.35. The Kier molecular flexibility index (Phi) is 4.49. The number of carbonyl (C=O) groups is 1. The maximum absolute atomic E-state index is 14.1. The molecule has 3 heterocycles. The molecule has 0 aromatic heterocycles. The normalized spacial score (nSPS) is 21.5. The Labute approximate surface area is 168 Å². The number of anilines is 3. The molecule has 2 saturated heterocycles. The second-order valence-electron chi connectivity index (χ2n) is 7.46. The molecule has 1 amide bonds. The summed E-state index contributed by atoms with van der Waals surface area (Å²) in [5.74, 6) is -1.10. The van der Waals surface area contributed by atoms with Crippen molar-refractivity contribution < 1.29 is 18.7 Å². The second-order valence-corrected chi connectivity index (χ2v) is 7.46. The van der Waals surface area contributed by atoms with Gasteiger partial charge >= 0.3 is 0 Å². The van der Waals surface area contributed by atoms with Crippen LogP contribution >= 0.6 is 0 Å². The molecule has 0 aliphatic carbocycles. The molecular weight excluding hydrogens is 373 g/mol. The van der Waals surface area contributed by atoms with Gasteiger partial charge in [-0.05, 0) is 36.4 Å². The minimum Gasteiger partial charge on any atom is -0.371 e. The lowest BCUT2D eigenvalue weighted by Gasteiger charge is -2.38. The number of benzene rings is 2. The summed E-state index contributed by atoms with van der Waals surface area (Å²) in [4.78, 5) is 14.5. The second kappa shape index (κ2) is 7.17. The Bertz CT molecular complexity index is 958. The number of carbonyl (C=O) groups excluding carboxylic acids is 1. The van der Waals surface area contributed by atoms with Gasteiger partial charge in [-0.25, -0.2) is 4.39 Å². The highest BCUT2D eigenvalue weighted by Gasteiger charge is 2.39. The van der Waals surface area contributed by atoms with Crippen molar-refractivity contribution in [2.24, 2.45) is 0 Å². The molecule has 3 aliphatic heterocycles. The summed E-state index contributed by atoms with van der Waals surface area (Å²) in [6, 6.07) is 12.6. The maximum Gasteiger partial charge on any atom is 0.257 e. The Balaban J connectivity index is 1.26. The molecule has 0 atom stereocenters.